The predicted molar refractivity (Wildman–Crippen MR) is 73.3 cm³/mol. The molecule has 0 saturated carbocycles. The Labute approximate surface area is 116 Å². The molecule has 0 unspecified atom stereocenters. The standard InChI is InChI=1S/C14H14N2O4/c1-18-12-6-10(7-13(8-12)19-2)14(17)16-15-9-11-4-3-5-20-11/h3-9H,1-2H3,(H,16,17)/b15-9+. The molecule has 1 aromatic carbocycles. The van der Waals surface area contributed by atoms with Crippen LogP contribution in [0.3, 0.4) is 0 Å². The van der Waals surface area contributed by atoms with Crippen molar-refractivity contribution in [3.8, 4) is 11.5 Å². The molecular weight excluding hydrogens is 260 g/mol. The number of carbonyl (C=O) groups is 1. The first-order valence-corrected chi connectivity index (χ1v) is 5.83. The third-order valence-electron chi connectivity index (χ3n) is 2.51. The second kappa shape index (κ2) is 6.42. The Kier molecular flexibility index (Phi) is 4.39. The lowest BCUT2D eigenvalue weighted by Gasteiger charge is -2.07. The molecule has 1 N–H and O–H groups in total. The van der Waals surface area contributed by atoms with Crippen LogP contribution in [-0.2, 0) is 0 Å². The molecule has 0 radical (unpaired) electrons. The molecular formula is C14H14N2O4. The minimum absolute atomic E-state index is 0.370. The van der Waals surface area contributed by atoms with Crippen LogP contribution in [0.5, 0.6) is 11.5 Å². The van der Waals surface area contributed by atoms with Crippen LogP contribution < -0.4 is 14.9 Å². The molecule has 0 spiro atoms. The number of hydrogen-bond acceptors (Lipinski definition) is 5. The van der Waals surface area contributed by atoms with Crippen LogP contribution in [0, 0.1) is 0 Å². The van der Waals surface area contributed by atoms with Crippen molar-refractivity contribution in [2.75, 3.05) is 14.2 Å². The van der Waals surface area contributed by atoms with Crippen LogP contribution in [0.1, 0.15) is 16.1 Å². The van der Waals surface area contributed by atoms with E-state index in [1.807, 2.05) is 0 Å². The molecule has 0 bridgehead atoms. The van der Waals surface area contributed by atoms with Gasteiger partial charge in [-0.05, 0) is 24.3 Å². The normalized spacial score (nSPS) is 10.5. The monoisotopic (exact) mass is 274 g/mol. The van der Waals surface area contributed by atoms with Crippen molar-refractivity contribution in [1.82, 2.24) is 5.43 Å². The van der Waals surface area contributed by atoms with Crippen molar-refractivity contribution in [1.29, 1.82) is 0 Å². The number of rotatable bonds is 5. The van der Waals surface area contributed by atoms with Crippen molar-refractivity contribution in [3.63, 3.8) is 0 Å². The van der Waals surface area contributed by atoms with Crippen LogP contribution in [0.15, 0.2) is 46.1 Å². The van der Waals surface area contributed by atoms with Crippen molar-refractivity contribution in [3.05, 3.63) is 47.9 Å². The average Bonchev–Trinajstić information content (AvgIpc) is 2.99. The summed E-state index contributed by atoms with van der Waals surface area (Å²) in [7, 11) is 3.04. The fourth-order valence-corrected chi connectivity index (χ4v) is 1.52. The number of hydrogen-bond donors (Lipinski definition) is 1. The van der Waals surface area contributed by atoms with E-state index < -0.39 is 0 Å². The second-order valence-electron chi connectivity index (χ2n) is 3.82. The van der Waals surface area contributed by atoms with E-state index in [-0.39, 0.29) is 5.91 Å². The first kappa shape index (κ1) is 13.7. The van der Waals surface area contributed by atoms with Crippen LogP contribution in [-0.4, -0.2) is 26.3 Å². The minimum atomic E-state index is -0.370. The second-order valence-corrected chi connectivity index (χ2v) is 3.82. The Morgan fingerprint density at radius 3 is 2.50 bits per heavy atom. The van der Waals surface area contributed by atoms with E-state index in [1.54, 1.807) is 30.3 Å². The summed E-state index contributed by atoms with van der Waals surface area (Å²) >= 11 is 0. The molecule has 0 atom stereocenters. The van der Waals surface area contributed by atoms with E-state index in [9.17, 15) is 4.79 Å². The van der Waals surface area contributed by atoms with E-state index >= 15 is 0 Å². The molecule has 2 rings (SSSR count). The number of amides is 1. The number of carbonyl (C=O) groups excluding carboxylic acids is 1. The Morgan fingerprint density at radius 2 is 1.95 bits per heavy atom. The molecule has 1 heterocycles. The van der Waals surface area contributed by atoms with Crippen molar-refractivity contribution >= 4 is 12.1 Å². The highest BCUT2D eigenvalue weighted by Crippen LogP contribution is 2.22. The van der Waals surface area contributed by atoms with Crippen LogP contribution in [0.2, 0.25) is 0 Å². The van der Waals surface area contributed by atoms with Gasteiger partial charge in [0.25, 0.3) is 5.91 Å². The maximum atomic E-state index is 11.9. The van der Waals surface area contributed by atoms with Gasteiger partial charge in [-0.1, -0.05) is 0 Å². The summed E-state index contributed by atoms with van der Waals surface area (Å²) in [6.07, 6.45) is 2.94. The maximum absolute atomic E-state index is 11.9. The van der Waals surface area contributed by atoms with Gasteiger partial charge in [-0.25, -0.2) is 5.43 Å². The fourth-order valence-electron chi connectivity index (χ4n) is 1.52. The fraction of sp³-hybridized carbons (Fsp3) is 0.143. The van der Waals surface area contributed by atoms with Crippen LogP contribution in [0.4, 0.5) is 0 Å². The zero-order valence-corrected chi connectivity index (χ0v) is 11.1. The van der Waals surface area contributed by atoms with Gasteiger partial charge < -0.3 is 13.9 Å². The highest BCUT2D eigenvalue weighted by molar-refractivity contribution is 5.95. The van der Waals surface area contributed by atoms with E-state index in [0.29, 0.717) is 22.8 Å². The zero-order valence-electron chi connectivity index (χ0n) is 11.1. The summed E-state index contributed by atoms with van der Waals surface area (Å²) in [6.45, 7) is 0. The average molecular weight is 274 g/mol. The van der Waals surface area contributed by atoms with Gasteiger partial charge in [0.2, 0.25) is 0 Å². The number of nitrogens with one attached hydrogen (secondary N) is 1. The smallest absolute Gasteiger partial charge is 0.271 e. The summed E-state index contributed by atoms with van der Waals surface area (Å²) in [5.74, 6) is 1.24. The summed E-state index contributed by atoms with van der Waals surface area (Å²) in [4.78, 5) is 11.9. The number of benzene rings is 1. The molecule has 1 aromatic heterocycles. The number of methoxy groups -OCH3 is 2. The number of nitrogens with zero attached hydrogens (tertiary/aromatic N) is 1. The van der Waals surface area contributed by atoms with E-state index in [1.165, 1.54) is 26.7 Å². The quantitative estimate of drug-likeness (QED) is 0.669. The van der Waals surface area contributed by atoms with E-state index in [2.05, 4.69) is 10.5 Å². The third kappa shape index (κ3) is 3.38. The first-order valence-electron chi connectivity index (χ1n) is 5.83. The molecule has 0 fully saturated rings. The van der Waals surface area contributed by atoms with Gasteiger partial charge in [0.1, 0.15) is 17.3 Å². The van der Waals surface area contributed by atoms with E-state index in [4.69, 9.17) is 13.9 Å². The molecule has 0 aliphatic carbocycles. The minimum Gasteiger partial charge on any atom is -0.497 e. The molecule has 2 aromatic rings. The lowest BCUT2D eigenvalue weighted by molar-refractivity contribution is 0.0954. The summed E-state index contributed by atoms with van der Waals surface area (Å²) in [5, 5.41) is 3.80. The van der Waals surface area contributed by atoms with Crippen LogP contribution >= 0.6 is 0 Å². The summed E-state index contributed by atoms with van der Waals surface area (Å²) in [6, 6.07) is 8.34. The van der Waals surface area contributed by atoms with Crippen LogP contribution in [0.25, 0.3) is 0 Å². The van der Waals surface area contributed by atoms with Gasteiger partial charge in [-0.2, -0.15) is 5.10 Å². The first-order chi connectivity index (χ1) is 9.72. The van der Waals surface area contributed by atoms with Crippen molar-refractivity contribution in [2.45, 2.75) is 0 Å². The Morgan fingerprint density at radius 1 is 1.25 bits per heavy atom. The topological polar surface area (TPSA) is 73.1 Å². The van der Waals surface area contributed by atoms with Gasteiger partial charge in [-0.15, -0.1) is 0 Å². The number of ether oxygens (including phenoxy) is 2. The van der Waals surface area contributed by atoms with Crippen molar-refractivity contribution in [2.24, 2.45) is 5.10 Å². The predicted octanol–water partition coefficient (Wildman–Crippen LogP) is 2.06. The highest BCUT2D eigenvalue weighted by atomic mass is 16.5. The molecule has 20 heavy (non-hydrogen) atoms. The van der Waals surface area contributed by atoms with E-state index in [0.717, 1.165) is 0 Å². The SMILES string of the molecule is COc1cc(OC)cc(C(=O)N/N=C/c2ccco2)c1. The number of furan rings is 1. The van der Waals surface area contributed by atoms with Crippen molar-refractivity contribution < 1.29 is 18.7 Å². The summed E-state index contributed by atoms with van der Waals surface area (Å²) in [5.41, 5.74) is 2.79. The van der Waals surface area contributed by atoms with Gasteiger partial charge in [0.15, 0.2) is 0 Å². The lowest BCUT2D eigenvalue weighted by atomic mass is 10.2. The van der Waals surface area contributed by atoms with Gasteiger partial charge >= 0.3 is 0 Å². The molecule has 0 aliphatic rings. The highest BCUT2D eigenvalue weighted by Gasteiger charge is 2.09. The number of hydrazone groups is 1. The molecule has 6 heteroatoms. The van der Waals surface area contributed by atoms with Gasteiger partial charge in [0, 0.05) is 11.6 Å². The maximum Gasteiger partial charge on any atom is 0.271 e. The zero-order chi connectivity index (χ0) is 14.4. The van der Waals surface area contributed by atoms with Gasteiger partial charge in [0.05, 0.1) is 26.7 Å². The molecule has 0 saturated heterocycles. The Bertz CT molecular complexity index is 583. The Balaban J connectivity index is 2.08. The molecule has 1 amide bonds. The molecule has 0 aliphatic heterocycles. The molecule has 104 valence electrons. The van der Waals surface area contributed by atoms with Gasteiger partial charge in [-0.3, -0.25) is 4.79 Å². The Hall–Kier alpha value is -2.76. The summed E-state index contributed by atoms with van der Waals surface area (Å²) < 4.78 is 15.2. The third-order valence-corrected chi connectivity index (χ3v) is 2.51. The lowest BCUT2D eigenvalue weighted by Crippen LogP contribution is -2.17. The largest absolute Gasteiger partial charge is 0.497 e. The molecule has 6 nitrogen and oxygen atoms in total.